The van der Waals surface area contributed by atoms with Gasteiger partial charge < -0.3 is 14.2 Å². The summed E-state index contributed by atoms with van der Waals surface area (Å²) in [6.07, 6.45) is 87.2. The lowest BCUT2D eigenvalue weighted by atomic mass is 10.0. The zero-order chi connectivity index (χ0) is 55.7. The summed E-state index contributed by atoms with van der Waals surface area (Å²) in [6.45, 7) is 6.47. The van der Waals surface area contributed by atoms with Crippen LogP contribution in [0.15, 0.2) is 97.2 Å². The number of rotatable bonds is 59. The standard InChI is InChI=1S/C71H122O6/c1-4-7-10-13-16-19-22-25-28-30-31-32-33-34-35-36-37-38-39-41-43-46-49-52-55-58-61-64-70(73)76-67-68(66-75-69(72)63-60-57-54-51-48-45-42-27-24-21-18-15-12-9-6-3)77-71(74)65-62-59-56-53-50-47-44-40-29-26-23-20-17-14-11-8-5-2/h8,11,17-18,20-21,26-27,29-31,42,44,47,53,56,68H,4-7,9-10,12-16,19,22-25,28,32-41,43,45-46,48-52,54-55,57-67H2,1-3H3/b11-8-,20-17-,21-18-,29-26-,31-30-,42-27-,47-44-,56-53-. The minimum atomic E-state index is -0.814. The number of esters is 3. The van der Waals surface area contributed by atoms with Crippen molar-refractivity contribution in [3.8, 4) is 0 Å². The van der Waals surface area contributed by atoms with E-state index in [1.54, 1.807) is 0 Å². The molecule has 77 heavy (non-hydrogen) atoms. The number of carbonyl (C=O) groups is 3. The van der Waals surface area contributed by atoms with Crippen LogP contribution in [0.25, 0.3) is 0 Å². The highest BCUT2D eigenvalue weighted by molar-refractivity contribution is 5.71. The summed E-state index contributed by atoms with van der Waals surface area (Å²) in [4.78, 5) is 38.3. The Bertz CT molecular complexity index is 1510. The Kier molecular flexibility index (Phi) is 61.8. The summed E-state index contributed by atoms with van der Waals surface area (Å²) < 4.78 is 16.9. The van der Waals surface area contributed by atoms with Crippen LogP contribution in [0.2, 0.25) is 0 Å². The molecule has 0 spiro atoms. The van der Waals surface area contributed by atoms with E-state index in [4.69, 9.17) is 14.2 Å². The van der Waals surface area contributed by atoms with Crippen LogP contribution in [-0.4, -0.2) is 37.2 Å². The van der Waals surface area contributed by atoms with E-state index in [1.165, 1.54) is 167 Å². The molecule has 0 N–H and O–H groups in total. The van der Waals surface area contributed by atoms with Gasteiger partial charge in [-0.25, -0.2) is 0 Å². The molecule has 1 atom stereocenters. The molecule has 0 bridgehead atoms. The number of carbonyl (C=O) groups excluding carboxylic acids is 3. The number of hydrogen-bond acceptors (Lipinski definition) is 6. The van der Waals surface area contributed by atoms with Crippen LogP contribution in [0.1, 0.15) is 316 Å². The molecule has 0 aromatic carbocycles. The fraction of sp³-hybridized carbons (Fsp3) is 0.732. The molecular weight excluding hydrogens is 949 g/mol. The number of hydrogen-bond donors (Lipinski definition) is 0. The van der Waals surface area contributed by atoms with Crippen molar-refractivity contribution in [2.75, 3.05) is 13.2 Å². The molecule has 0 heterocycles. The van der Waals surface area contributed by atoms with Gasteiger partial charge in [-0.15, -0.1) is 0 Å². The maximum absolute atomic E-state index is 12.9. The monoisotopic (exact) mass is 1070 g/mol. The summed E-state index contributed by atoms with van der Waals surface area (Å²) in [5.74, 6) is -0.967. The maximum Gasteiger partial charge on any atom is 0.306 e. The van der Waals surface area contributed by atoms with E-state index in [0.717, 1.165) is 103 Å². The Hall–Kier alpha value is -3.67. The van der Waals surface area contributed by atoms with Crippen LogP contribution < -0.4 is 0 Å². The lowest BCUT2D eigenvalue weighted by molar-refractivity contribution is -0.167. The Morgan fingerprint density at radius 3 is 0.870 bits per heavy atom. The van der Waals surface area contributed by atoms with Crippen LogP contribution in [0.4, 0.5) is 0 Å². The van der Waals surface area contributed by atoms with Crippen molar-refractivity contribution in [2.45, 2.75) is 322 Å². The van der Waals surface area contributed by atoms with Gasteiger partial charge in [0.05, 0.1) is 0 Å². The molecule has 0 radical (unpaired) electrons. The topological polar surface area (TPSA) is 78.9 Å². The van der Waals surface area contributed by atoms with Crippen LogP contribution in [0.5, 0.6) is 0 Å². The number of allylic oxidation sites excluding steroid dienone is 16. The minimum Gasteiger partial charge on any atom is -0.462 e. The molecule has 0 saturated heterocycles. The molecule has 1 unspecified atom stereocenters. The van der Waals surface area contributed by atoms with Gasteiger partial charge in [0.2, 0.25) is 0 Å². The molecule has 442 valence electrons. The third kappa shape index (κ3) is 63.0. The van der Waals surface area contributed by atoms with Crippen molar-refractivity contribution in [1.82, 2.24) is 0 Å². The van der Waals surface area contributed by atoms with E-state index < -0.39 is 6.10 Å². The summed E-state index contributed by atoms with van der Waals surface area (Å²) >= 11 is 0. The average Bonchev–Trinajstić information content (AvgIpc) is 3.43. The second-order valence-corrected chi connectivity index (χ2v) is 21.6. The first-order chi connectivity index (χ1) is 38.0. The molecule has 6 nitrogen and oxygen atoms in total. The smallest absolute Gasteiger partial charge is 0.306 e. The van der Waals surface area contributed by atoms with Crippen molar-refractivity contribution in [3.63, 3.8) is 0 Å². The van der Waals surface area contributed by atoms with Crippen molar-refractivity contribution >= 4 is 17.9 Å². The van der Waals surface area contributed by atoms with Gasteiger partial charge in [-0.1, -0.05) is 279 Å². The summed E-state index contributed by atoms with van der Waals surface area (Å²) in [5, 5.41) is 0. The van der Waals surface area contributed by atoms with E-state index in [9.17, 15) is 14.4 Å². The molecule has 0 aliphatic heterocycles. The first kappa shape index (κ1) is 73.3. The second-order valence-electron chi connectivity index (χ2n) is 21.6. The molecule has 0 saturated carbocycles. The average molecular weight is 1070 g/mol. The van der Waals surface area contributed by atoms with Crippen molar-refractivity contribution in [3.05, 3.63) is 97.2 Å². The van der Waals surface area contributed by atoms with Gasteiger partial charge in [-0.05, 0) is 116 Å². The Morgan fingerprint density at radius 1 is 0.273 bits per heavy atom. The number of unbranched alkanes of at least 4 members (excludes halogenated alkanes) is 32. The quantitative estimate of drug-likeness (QED) is 0.0261. The third-order valence-corrected chi connectivity index (χ3v) is 14.0. The maximum atomic E-state index is 12.9. The predicted molar refractivity (Wildman–Crippen MR) is 334 cm³/mol. The summed E-state index contributed by atoms with van der Waals surface area (Å²) in [7, 11) is 0. The Balaban J connectivity index is 4.34. The first-order valence-electron chi connectivity index (χ1n) is 32.7. The Morgan fingerprint density at radius 2 is 0.519 bits per heavy atom. The molecule has 0 aromatic rings. The van der Waals surface area contributed by atoms with E-state index in [0.29, 0.717) is 19.3 Å². The van der Waals surface area contributed by atoms with Crippen LogP contribution >= 0.6 is 0 Å². The van der Waals surface area contributed by atoms with Gasteiger partial charge in [0.25, 0.3) is 0 Å². The highest BCUT2D eigenvalue weighted by Gasteiger charge is 2.19. The van der Waals surface area contributed by atoms with Crippen LogP contribution in [0.3, 0.4) is 0 Å². The van der Waals surface area contributed by atoms with Crippen LogP contribution in [0, 0.1) is 0 Å². The number of ether oxygens (including phenoxy) is 3. The minimum absolute atomic E-state index is 0.104. The van der Waals surface area contributed by atoms with E-state index in [2.05, 4.69) is 118 Å². The summed E-state index contributed by atoms with van der Waals surface area (Å²) in [5.41, 5.74) is 0. The highest BCUT2D eigenvalue weighted by Crippen LogP contribution is 2.16. The predicted octanol–water partition coefficient (Wildman–Crippen LogP) is 22.4. The summed E-state index contributed by atoms with van der Waals surface area (Å²) in [6, 6.07) is 0. The molecule has 0 aromatic heterocycles. The first-order valence-corrected chi connectivity index (χ1v) is 32.7. The second kappa shape index (κ2) is 64.9. The van der Waals surface area contributed by atoms with Gasteiger partial charge in [0, 0.05) is 19.3 Å². The molecule has 0 aliphatic rings. The fourth-order valence-electron chi connectivity index (χ4n) is 9.15. The van der Waals surface area contributed by atoms with E-state index >= 15 is 0 Å². The molecule has 0 amide bonds. The third-order valence-electron chi connectivity index (χ3n) is 14.0. The molecule has 0 rings (SSSR count). The normalized spacial score (nSPS) is 12.7. The Labute approximate surface area is 477 Å². The zero-order valence-electron chi connectivity index (χ0n) is 50.7. The van der Waals surface area contributed by atoms with Crippen LogP contribution in [-0.2, 0) is 28.6 Å². The SMILES string of the molecule is CC/C=C\C/C=C\C/C=C\C/C=C\C/C=C\CCCC(=O)OC(COC(=O)CCCCCCC/C=C\C/C=C\CCCCC)COC(=O)CCCCCCCCCCCCCCCCC/C=C\CCCCCCCCCC. The van der Waals surface area contributed by atoms with Gasteiger partial charge in [0.1, 0.15) is 13.2 Å². The largest absolute Gasteiger partial charge is 0.462 e. The molecule has 6 heteroatoms. The van der Waals surface area contributed by atoms with Crippen molar-refractivity contribution < 1.29 is 28.6 Å². The highest BCUT2D eigenvalue weighted by atomic mass is 16.6. The van der Waals surface area contributed by atoms with E-state index in [1.807, 2.05) is 0 Å². The zero-order valence-corrected chi connectivity index (χ0v) is 50.7. The lowest BCUT2D eigenvalue weighted by Crippen LogP contribution is -2.30. The van der Waals surface area contributed by atoms with Gasteiger partial charge in [-0.2, -0.15) is 0 Å². The van der Waals surface area contributed by atoms with Gasteiger partial charge >= 0.3 is 17.9 Å². The molecule has 0 fully saturated rings. The van der Waals surface area contributed by atoms with Crippen molar-refractivity contribution in [2.24, 2.45) is 0 Å². The van der Waals surface area contributed by atoms with Gasteiger partial charge in [0.15, 0.2) is 6.10 Å². The lowest BCUT2D eigenvalue weighted by Gasteiger charge is -2.18. The fourth-order valence-corrected chi connectivity index (χ4v) is 9.15. The van der Waals surface area contributed by atoms with Gasteiger partial charge in [-0.3, -0.25) is 14.4 Å². The van der Waals surface area contributed by atoms with Crippen molar-refractivity contribution in [1.29, 1.82) is 0 Å². The molecular formula is C71H122O6. The van der Waals surface area contributed by atoms with E-state index in [-0.39, 0.29) is 37.5 Å². The molecule has 0 aliphatic carbocycles.